The Morgan fingerprint density at radius 1 is 1.15 bits per heavy atom. The lowest BCUT2D eigenvalue weighted by molar-refractivity contribution is 0.340. The highest BCUT2D eigenvalue weighted by Gasteiger charge is 2.25. The molecular formula is C21H23N3O2. The van der Waals surface area contributed by atoms with Gasteiger partial charge in [0.15, 0.2) is 0 Å². The lowest BCUT2D eigenvalue weighted by atomic mass is 9.97. The second-order valence-electron chi connectivity index (χ2n) is 6.59. The molecule has 0 unspecified atom stereocenters. The number of ether oxygens (including phenoxy) is 1. The lowest BCUT2D eigenvalue weighted by Crippen LogP contribution is -2.36. The van der Waals surface area contributed by atoms with Crippen LogP contribution in [0.4, 0.5) is 5.69 Å². The Morgan fingerprint density at radius 3 is 2.85 bits per heavy atom. The number of hydrogen-bond donors (Lipinski definition) is 0. The fraction of sp³-hybridized carbons (Fsp3) is 0.333. The van der Waals surface area contributed by atoms with Crippen LogP contribution in [-0.4, -0.2) is 22.8 Å². The summed E-state index contributed by atoms with van der Waals surface area (Å²) in [6.07, 6.45) is 2.25. The second-order valence-corrected chi connectivity index (χ2v) is 6.59. The van der Waals surface area contributed by atoms with Gasteiger partial charge in [-0.3, -0.25) is 0 Å². The molecule has 5 nitrogen and oxygen atoms in total. The molecule has 0 spiro atoms. The zero-order chi connectivity index (χ0) is 17.9. The van der Waals surface area contributed by atoms with Crippen LogP contribution in [0, 0.1) is 0 Å². The molecule has 1 atom stereocenters. The highest BCUT2D eigenvalue weighted by atomic mass is 16.5. The van der Waals surface area contributed by atoms with Gasteiger partial charge in [0.1, 0.15) is 5.75 Å². The summed E-state index contributed by atoms with van der Waals surface area (Å²) >= 11 is 0. The predicted octanol–water partition coefficient (Wildman–Crippen LogP) is 4.48. The molecule has 1 aliphatic rings. The average Bonchev–Trinajstić information content (AvgIpc) is 3.13. The molecule has 26 heavy (non-hydrogen) atoms. The Morgan fingerprint density at radius 2 is 1.96 bits per heavy atom. The number of fused-ring (bicyclic) bond motifs is 1. The Hall–Kier alpha value is -2.82. The van der Waals surface area contributed by atoms with E-state index in [2.05, 4.69) is 46.2 Å². The van der Waals surface area contributed by atoms with Gasteiger partial charge in [0.25, 0.3) is 0 Å². The number of hydrogen-bond acceptors (Lipinski definition) is 5. The van der Waals surface area contributed by atoms with Crippen LogP contribution < -0.4 is 9.64 Å². The number of para-hydroxylation sites is 2. The molecule has 2 aromatic carbocycles. The monoisotopic (exact) mass is 349 g/mol. The number of anilines is 1. The van der Waals surface area contributed by atoms with E-state index in [0.29, 0.717) is 30.9 Å². The van der Waals surface area contributed by atoms with E-state index in [0.717, 1.165) is 24.2 Å². The highest BCUT2D eigenvalue weighted by molar-refractivity contribution is 5.63. The summed E-state index contributed by atoms with van der Waals surface area (Å²) < 4.78 is 11.2. The summed E-state index contributed by atoms with van der Waals surface area (Å²) in [5.41, 5.74) is 3.50. The largest absolute Gasteiger partial charge is 0.493 e. The molecule has 2 heterocycles. The summed E-state index contributed by atoms with van der Waals surface area (Å²) in [7, 11) is 0. The van der Waals surface area contributed by atoms with Gasteiger partial charge < -0.3 is 14.2 Å². The van der Waals surface area contributed by atoms with E-state index in [1.165, 1.54) is 11.3 Å². The van der Waals surface area contributed by atoms with Crippen molar-refractivity contribution < 1.29 is 9.26 Å². The molecule has 0 radical (unpaired) electrons. The van der Waals surface area contributed by atoms with E-state index in [-0.39, 0.29) is 0 Å². The van der Waals surface area contributed by atoms with E-state index in [9.17, 15) is 0 Å². The van der Waals surface area contributed by atoms with Crippen molar-refractivity contribution >= 4 is 5.69 Å². The van der Waals surface area contributed by atoms with Crippen molar-refractivity contribution in [3.8, 4) is 17.1 Å². The minimum atomic E-state index is 0.441. The SMILES string of the molecule is CCOc1ccccc1-c1noc(CN2c3ccccc3CC[C@H]2C)n1. The standard InChI is InChI=1S/C21H23N3O2/c1-3-25-19-11-7-5-9-17(19)21-22-20(26-23-21)14-24-15(2)12-13-16-8-4-6-10-18(16)24/h4-11,15H,3,12-14H2,1-2H3/t15-/m1/s1. The van der Waals surface area contributed by atoms with Crippen LogP contribution in [0.1, 0.15) is 31.7 Å². The Kier molecular flexibility index (Phi) is 4.61. The fourth-order valence-corrected chi connectivity index (χ4v) is 3.51. The number of rotatable bonds is 5. The van der Waals surface area contributed by atoms with Gasteiger partial charge in [-0.15, -0.1) is 0 Å². The fourth-order valence-electron chi connectivity index (χ4n) is 3.51. The Bertz CT molecular complexity index is 890. The number of benzene rings is 2. The van der Waals surface area contributed by atoms with Gasteiger partial charge in [-0.25, -0.2) is 0 Å². The quantitative estimate of drug-likeness (QED) is 0.680. The minimum absolute atomic E-state index is 0.441. The molecule has 0 amide bonds. The van der Waals surface area contributed by atoms with Gasteiger partial charge in [0.05, 0.1) is 18.7 Å². The first kappa shape index (κ1) is 16.6. The first-order chi connectivity index (χ1) is 12.8. The van der Waals surface area contributed by atoms with Crippen molar-refractivity contribution in [3.63, 3.8) is 0 Å². The number of aryl methyl sites for hydroxylation is 1. The van der Waals surface area contributed by atoms with E-state index >= 15 is 0 Å². The topological polar surface area (TPSA) is 51.4 Å². The van der Waals surface area contributed by atoms with Crippen LogP contribution in [0.2, 0.25) is 0 Å². The molecule has 0 bridgehead atoms. The first-order valence-electron chi connectivity index (χ1n) is 9.15. The summed E-state index contributed by atoms with van der Waals surface area (Å²) in [6, 6.07) is 16.8. The van der Waals surface area contributed by atoms with Gasteiger partial charge in [-0.2, -0.15) is 4.98 Å². The summed E-state index contributed by atoms with van der Waals surface area (Å²) in [5.74, 6) is 1.97. The Balaban J connectivity index is 1.60. The molecule has 0 aliphatic carbocycles. The van der Waals surface area contributed by atoms with Crippen LogP contribution in [-0.2, 0) is 13.0 Å². The smallest absolute Gasteiger partial charge is 0.246 e. The van der Waals surface area contributed by atoms with E-state index < -0.39 is 0 Å². The van der Waals surface area contributed by atoms with Gasteiger partial charge in [-0.05, 0) is 50.5 Å². The van der Waals surface area contributed by atoms with E-state index in [1.54, 1.807) is 0 Å². The second kappa shape index (κ2) is 7.20. The van der Waals surface area contributed by atoms with Crippen LogP contribution >= 0.6 is 0 Å². The van der Waals surface area contributed by atoms with Gasteiger partial charge >= 0.3 is 0 Å². The average molecular weight is 349 g/mol. The Labute approximate surface area is 153 Å². The summed E-state index contributed by atoms with van der Waals surface area (Å²) in [6.45, 7) is 5.43. The van der Waals surface area contributed by atoms with Crippen molar-refractivity contribution in [2.75, 3.05) is 11.5 Å². The van der Waals surface area contributed by atoms with Crippen LogP contribution in [0.15, 0.2) is 53.1 Å². The zero-order valence-electron chi connectivity index (χ0n) is 15.2. The minimum Gasteiger partial charge on any atom is -0.493 e. The van der Waals surface area contributed by atoms with Gasteiger partial charge in [0, 0.05) is 11.7 Å². The molecular weight excluding hydrogens is 326 g/mol. The molecule has 0 saturated heterocycles. The molecule has 0 saturated carbocycles. The molecule has 0 fully saturated rings. The number of nitrogens with zero attached hydrogens (tertiary/aromatic N) is 3. The molecule has 3 aromatic rings. The van der Waals surface area contributed by atoms with E-state index in [4.69, 9.17) is 9.26 Å². The summed E-state index contributed by atoms with van der Waals surface area (Å²) in [5, 5.41) is 4.18. The molecule has 1 aliphatic heterocycles. The molecule has 134 valence electrons. The third-order valence-electron chi connectivity index (χ3n) is 4.87. The third-order valence-corrected chi connectivity index (χ3v) is 4.87. The first-order valence-corrected chi connectivity index (χ1v) is 9.15. The maximum Gasteiger partial charge on any atom is 0.246 e. The van der Waals surface area contributed by atoms with Crippen LogP contribution in [0.3, 0.4) is 0 Å². The normalized spacial score (nSPS) is 16.4. The van der Waals surface area contributed by atoms with Crippen molar-refractivity contribution in [2.45, 2.75) is 39.3 Å². The van der Waals surface area contributed by atoms with Crippen molar-refractivity contribution in [1.29, 1.82) is 0 Å². The predicted molar refractivity (Wildman–Crippen MR) is 101 cm³/mol. The maximum atomic E-state index is 5.68. The molecule has 0 N–H and O–H groups in total. The van der Waals surface area contributed by atoms with Crippen molar-refractivity contribution in [3.05, 3.63) is 60.0 Å². The van der Waals surface area contributed by atoms with Crippen molar-refractivity contribution in [2.24, 2.45) is 0 Å². The highest BCUT2D eigenvalue weighted by Crippen LogP contribution is 2.32. The van der Waals surface area contributed by atoms with Crippen LogP contribution in [0.5, 0.6) is 5.75 Å². The molecule has 5 heteroatoms. The molecule has 1 aromatic heterocycles. The van der Waals surface area contributed by atoms with Crippen LogP contribution in [0.25, 0.3) is 11.4 Å². The number of aromatic nitrogens is 2. The maximum absolute atomic E-state index is 5.68. The third kappa shape index (κ3) is 3.17. The van der Waals surface area contributed by atoms with Gasteiger partial charge in [0.2, 0.25) is 11.7 Å². The zero-order valence-corrected chi connectivity index (χ0v) is 15.2. The van der Waals surface area contributed by atoms with Crippen molar-refractivity contribution in [1.82, 2.24) is 10.1 Å². The molecule has 4 rings (SSSR count). The van der Waals surface area contributed by atoms with Gasteiger partial charge in [-0.1, -0.05) is 35.5 Å². The summed E-state index contributed by atoms with van der Waals surface area (Å²) in [4.78, 5) is 6.98. The van der Waals surface area contributed by atoms with E-state index in [1.807, 2.05) is 31.2 Å². The lowest BCUT2D eigenvalue weighted by Gasteiger charge is -2.36.